The third kappa shape index (κ3) is 9.90. The van der Waals surface area contributed by atoms with Crippen LogP contribution in [0.3, 0.4) is 0 Å². The summed E-state index contributed by atoms with van der Waals surface area (Å²) in [7, 11) is 0. The van der Waals surface area contributed by atoms with E-state index >= 15 is 0 Å². The van der Waals surface area contributed by atoms with E-state index in [2.05, 4.69) is 11.1 Å². The molecule has 0 aliphatic heterocycles. The van der Waals surface area contributed by atoms with Gasteiger partial charge in [0, 0.05) is 18.8 Å². The number of thioether (sulfide) groups is 1. The summed E-state index contributed by atoms with van der Waals surface area (Å²) in [5, 5.41) is 30.1. The van der Waals surface area contributed by atoms with Crippen molar-refractivity contribution in [2.45, 2.75) is 38.8 Å². The van der Waals surface area contributed by atoms with Crippen LogP contribution in [0.5, 0.6) is 5.75 Å². The van der Waals surface area contributed by atoms with Gasteiger partial charge in [0.05, 0.1) is 0 Å². The second-order valence-electron chi connectivity index (χ2n) is 5.68. The van der Waals surface area contributed by atoms with E-state index in [1.54, 1.807) is 30.8 Å². The third-order valence-corrected chi connectivity index (χ3v) is 4.05. The summed E-state index contributed by atoms with van der Waals surface area (Å²) >= 11 is 1.62. The van der Waals surface area contributed by atoms with Crippen molar-refractivity contribution >= 4 is 29.6 Å². The Hall–Kier alpha value is -2.26. The summed E-state index contributed by atoms with van der Waals surface area (Å²) in [5.74, 6) is -1.58. The molecule has 146 valence electrons. The minimum atomic E-state index is -1.09. The molecule has 26 heavy (non-hydrogen) atoms. The molecule has 8 nitrogen and oxygen atoms in total. The summed E-state index contributed by atoms with van der Waals surface area (Å²) in [6.07, 6.45) is 2.72. The van der Waals surface area contributed by atoms with Crippen LogP contribution in [0.4, 0.5) is 0 Å². The van der Waals surface area contributed by atoms with Gasteiger partial charge in [-0.25, -0.2) is 4.79 Å². The van der Waals surface area contributed by atoms with Gasteiger partial charge in [-0.15, -0.1) is 0 Å². The zero-order chi connectivity index (χ0) is 20.3. The molecule has 0 spiro atoms. The molecule has 0 unspecified atom stereocenters. The van der Waals surface area contributed by atoms with Crippen LogP contribution < -0.4 is 16.2 Å². The number of hydrogen-bond acceptors (Lipinski definition) is 6. The van der Waals surface area contributed by atoms with Crippen molar-refractivity contribution in [2.75, 3.05) is 12.0 Å². The van der Waals surface area contributed by atoms with E-state index in [9.17, 15) is 19.8 Å². The second-order valence-corrected chi connectivity index (χ2v) is 6.67. The average Bonchev–Trinajstić information content (AvgIpc) is 2.53. The highest BCUT2D eigenvalue weighted by Gasteiger charge is 2.25. The van der Waals surface area contributed by atoms with Crippen LogP contribution in [0.1, 0.15) is 24.5 Å². The van der Waals surface area contributed by atoms with Gasteiger partial charge in [-0.3, -0.25) is 4.79 Å². The lowest BCUT2D eigenvalue weighted by Gasteiger charge is -2.17. The molecule has 1 aromatic carbocycles. The highest BCUT2D eigenvalue weighted by atomic mass is 32.2. The molecule has 0 saturated carbocycles. The second kappa shape index (κ2) is 12.2. The fraction of sp³-hybridized carbons (Fsp3) is 0.471. The fourth-order valence-electron chi connectivity index (χ4n) is 2.01. The van der Waals surface area contributed by atoms with Crippen LogP contribution in [0.2, 0.25) is 0 Å². The number of carbonyl (C=O) groups is 3. The predicted molar refractivity (Wildman–Crippen MR) is 96.5 cm³/mol. The lowest BCUT2D eigenvalue weighted by molar-refractivity contribution is -0.404. The van der Waals surface area contributed by atoms with Crippen molar-refractivity contribution in [3.63, 3.8) is 0 Å². The maximum Gasteiger partial charge on any atom is 0.326 e. The van der Waals surface area contributed by atoms with E-state index in [1.807, 2.05) is 6.26 Å². The number of nitrogens with one attached hydrogen (secondary N) is 1. The van der Waals surface area contributed by atoms with Crippen LogP contribution in [-0.4, -0.2) is 52.2 Å². The monoisotopic (exact) mass is 386 g/mol. The number of carbonyl (C=O) groups excluding carboxylic acids is 2. The minimum Gasteiger partial charge on any atom is -0.550 e. The number of hydrogen-bond donors (Lipinski definition) is 4. The Bertz CT molecular complexity index is 619. The molecule has 9 heteroatoms. The SMILES string of the molecule is CC(=O)[O-].CSCC[C@H]([NH3+])C(=O)N[C@@H](Cc1ccc(O)cc1C)C(=O)O. The maximum absolute atomic E-state index is 12.0. The largest absolute Gasteiger partial charge is 0.550 e. The summed E-state index contributed by atoms with van der Waals surface area (Å²) in [4.78, 5) is 32.3. The predicted octanol–water partition coefficient (Wildman–Crippen LogP) is -1.07. The van der Waals surface area contributed by atoms with Crippen molar-refractivity contribution in [1.29, 1.82) is 0 Å². The number of phenols is 1. The van der Waals surface area contributed by atoms with Gasteiger partial charge in [-0.05, 0) is 49.1 Å². The zero-order valence-electron chi connectivity index (χ0n) is 15.2. The molecule has 0 heterocycles. The highest BCUT2D eigenvalue weighted by molar-refractivity contribution is 7.98. The molecule has 2 atom stereocenters. The first-order valence-electron chi connectivity index (χ1n) is 7.89. The molecule has 0 aromatic heterocycles. The quantitative estimate of drug-likeness (QED) is 0.443. The van der Waals surface area contributed by atoms with Crippen LogP contribution in [0.25, 0.3) is 0 Å². The van der Waals surface area contributed by atoms with E-state index in [4.69, 9.17) is 9.90 Å². The Morgan fingerprint density at radius 3 is 2.38 bits per heavy atom. The standard InChI is InChI=1S/C15H22N2O4S.C2H4O2/c1-9-7-11(18)4-3-10(9)8-13(15(20)21)17-14(19)12(16)5-6-22-2;1-2(3)4/h3-4,7,12-13,18H,5-6,8,16H2,1-2H3,(H,17,19)(H,20,21);1H3,(H,3,4)/t12-,13-;/m0./s1. The average molecular weight is 386 g/mol. The minimum absolute atomic E-state index is 0.132. The summed E-state index contributed by atoms with van der Waals surface area (Å²) in [6.45, 7) is 2.76. The topological polar surface area (TPSA) is 154 Å². The summed E-state index contributed by atoms with van der Waals surface area (Å²) in [6, 6.07) is 3.27. The third-order valence-electron chi connectivity index (χ3n) is 3.41. The number of benzene rings is 1. The van der Waals surface area contributed by atoms with E-state index in [1.165, 1.54) is 6.07 Å². The van der Waals surface area contributed by atoms with Crippen molar-refractivity contribution in [2.24, 2.45) is 0 Å². The van der Waals surface area contributed by atoms with Crippen LogP contribution >= 0.6 is 11.8 Å². The van der Waals surface area contributed by atoms with Crippen molar-refractivity contribution < 1.29 is 35.4 Å². The van der Waals surface area contributed by atoms with Gasteiger partial charge in [0.1, 0.15) is 11.8 Å². The van der Waals surface area contributed by atoms with Gasteiger partial charge < -0.3 is 31.2 Å². The Kier molecular flexibility index (Phi) is 11.1. The summed E-state index contributed by atoms with van der Waals surface area (Å²) < 4.78 is 0. The molecule has 0 saturated heterocycles. The van der Waals surface area contributed by atoms with Gasteiger partial charge in [-0.1, -0.05) is 6.07 Å². The van der Waals surface area contributed by atoms with Gasteiger partial charge >= 0.3 is 5.97 Å². The Labute approximate surface area is 156 Å². The number of aliphatic carboxylic acids is 2. The number of rotatable bonds is 8. The molecule has 0 radical (unpaired) electrons. The Morgan fingerprint density at radius 2 is 1.92 bits per heavy atom. The van der Waals surface area contributed by atoms with Crippen LogP contribution in [-0.2, 0) is 20.8 Å². The number of phenolic OH excluding ortho intramolecular Hbond substituents is 1. The zero-order valence-corrected chi connectivity index (χ0v) is 16.0. The number of carboxylic acid groups (broad SMARTS) is 2. The molecule has 6 N–H and O–H groups in total. The smallest absolute Gasteiger partial charge is 0.326 e. The van der Waals surface area contributed by atoms with Gasteiger partial charge in [0.15, 0.2) is 6.04 Å². The van der Waals surface area contributed by atoms with E-state index in [0.29, 0.717) is 6.42 Å². The van der Waals surface area contributed by atoms with E-state index in [-0.39, 0.29) is 18.1 Å². The molecule has 1 amide bonds. The molecular weight excluding hydrogens is 360 g/mol. The molecule has 1 rings (SSSR count). The van der Waals surface area contributed by atoms with Gasteiger partial charge in [-0.2, -0.15) is 11.8 Å². The maximum atomic E-state index is 12.0. The molecule has 1 aromatic rings. The molecular formula is C17H26N2O6S. The van der Waals surface area contributed by atoms with Crippen molar-refractivity contribution in [3.05, 3.63) is 29.3 Å². The van der Waals surface area contributed by atoms with Crippen LogP contribution in [0, 0.1) is 6.92 Å². The molecule has 0 aliphatic rings. The number of aryl methyl sites for hydroxylation is 1. The normalized spacial score (nSPS) is 12.3. The number of carboxylic acids is 2. The summed E-state index contributed by atoms with van der Waals surface area (Å²) in [5.41, 5.74) is 5.33. The first kappa shape index (κ1) is 23.7. The molecule has 0 fully saturated rings. The highest BCUT2D eigenvalue weighted by Crippen LogP contribution is 2.17. The lowest BCUT2D eigenvalue weighted by atomic mass is 10.0. The number of quaternary nitrogens is 1. The van der Waals surface area contributed by atoms with E-state index < -0.39 is 24.0 Å². The molecule has 0 bridgehead atoms. The first-order chi connectivity index (χ1) is 12.1. The van der Waals surface area contributed by atoms with Crippen LogP contribution in [0.15, 0.2) is 18.2 Å². The van der Waals surface area contributed by atoms with Crippen molar-refractivity contribution in [3.8, 4) is 5.75 Å². The lowest BCUT2D eigenvalue weighted by Crippen LogP contribution is -2.68. The number of aromatic hydroxyl groups is 1. The molecule has 0 aliphatic carbocycles. The van der Waals surface area contributed by atoms with Gasteiger partial charge in [0.25, 0.3) is 5.91 Å². The first-order valence-corrected chi connectivity index (χ1v) is 9.29. The van der Waals surface area contributed by atoms with E-state index in [0.717, 1.165) is 23.8 Å². The fourth-order valence-corrected chi connectivity index (χ4v) is 2.53. The Balaban J connectivity index is 0.00000141. The Morgan fingerprint density at radius 1 is 1.35 bits per heavy atom. The van der Waals surface area contributed by atoms with Gasteiger partial charge in [0.2, 0.25) is 0 Å². The number of amides is 1. The van der Waals surface area contributed by atoms with Crippen molar-refractivity contribution in [1.82, 2.24) is 5.32 Å².